The van der Waals surface area contributed by atoms with E-state index >= 15 is 0 Å². The number of benzene rings is 2. The summed E-state index contributed by atoms with van der Waals surface area (Å²) in [6.07, 6.45) is 1.51. The molecule has 0 fully saturated rings. The van der Waals surface area contributed by atoms with Crippen molar-refractivity contribution < 1.29 is 24.9 Å². The van der Waals surface area contributed by atoms with Gasteiger partial charge in [0, 0.05) is 11.7 Å². The van der Waals surface area contributed by atoms with Gasteiger partial charge in [0.2, 0.25) is 5.72 Å². The van der Waals surface area contributed by atoms with Gasteiger partial charge in [0.1, 0.15) is 5.41 Å². The van der Waals surface area contributed by atoms with E-state index < -0.39 is 34.7 Å². The average Bonchev–Trinajstić information content (AvgIpc) is 2.71. The first-order chi connectivity index (χ1) is 13.6. The van der Waals surface area contributed by atoms with Crippen LogP contribution in [0.4, 0.5) is 0 Å². The Morgan fingerprint density at radius 2 is 1.48 bits per heavy atom. The Labute approximate surface area is 174 Å². The molecule has 4 unspecified atom stereocenters. The number of rotatable bonds is 10. The summed E-state index contributed by atoms with van der Waals surface area (Å²) < 4.78 is 0. The monoisotopic (exact) mass is 417 g/mol. The lowest BCUT2D eigenvalue weighted by Crippen LogP contribution is -2.55. The molecule has 29 heavy (non-hydrogen) atoms. The van der Waals surface area contributed by atoms with E-state index in [9.17, 15) is 24.9 Å². The summed E-state index contributed by atoms with van der Waals surface area (Å²) in [5, 5.41) is 29.1. The highest BCUT2D eigenvalue weighted by atomic mass is 32.2. The second-order valence-corrected chi connectivity index (χ2v) is 8.36. The maximum absolute atomic E-state index is 12.8. The highest BCUT2D eigenvalue weighted by Crippen LogP contribution is 2.45. The fourth-order valence-electron chi connectivity index (χ4n) is 3.73. The Balaban J connectivity index is 2.59. The van der Waals surface area contributed by atoms with Crippen LogP contribution in [0.15, 0.2) is 60.7 Å². The van der Waals surface area contributed by atoms with Crippen LogP contribution in [0.3, 0.4) is 0 Å². The zero-order chi connectivity index (χ0) is 21.7. The van der Waals surface area contributed by atoms with Crippen LogP contribution in [0.2, 0.25) is 0 Å². The average molecular weight is 418 g/mol. The molecule has 0 amide bonds. The first-order valence-corrected chi connectivity index (χ1v) is 10.5. The van der Waals surface area contributed by atoms with Crippen molar-refractivity contribution in [3.05, 3.63) is 71.8 Å². The van der Waals surface area contributed by atoms with Crippen LogP contribution in [0.5, 0.6) is 0 Å². The zero-order valence-electron chi connectivity index (χ0n) is 16.5. The van der Waals surface area contributed by atoms with Crippen LogP contribution < -0.4 is 5.73 Å². The number of carboxylic acid groups (broad SMARTS) is 2. The van der Waals surface area contributed by atoms with Gasteiger partial charge in [-0.15, -0.1) is 0 Å². The van der Waals surface area contributed by atoms with E-state index in [1.165, 1.54) is 11.8 Å². The molecule has 0 spiro atoms. The quantitative estimate of drug-likeness (QED) is 0.438. The molecule has 7 heteroatoms. The van der Waals surface area contributed by atoms with Crippen LogP contribution in [-0.4, -0.2) is 44.5 Å². The van der Waals surface area contributed by atoms with Gasteiger partial charge in [-0.25, -0.2) is 4.79 Å². The zero-order valence-corrected chi connectivity index (χ0v) is 17.3. The lowest BCUT2D eigenvalue weighted by molar-refractivity contribution is -0.160. The standard InChI is InChI=1S/C22H27NO5S/c1-15(16-9-5-3-6-10-16)13-21(19(24)25,17-11-7-4-8-12-17)18(29-2)14-22(23,28)20(26)27/h3-12,15,18,28H,13-14,23H2,1-2H3,(H,24,25)(H,26,27). The molecule has 0 aromatic heterocycles. The summed E-state index contributed by atoms with van der Waals surface area (Å²) in [4.78, 5) is 24.2. The molecule has 0 saturated carbocycles. The third-order valence-electron chi connectivity index (χ3n) is 5.37. The SMILES string of the molecule is CSC(CC(N)(O)C(=O)O)C(CC(C)c1ccccc1)(C(=O)O)c1ccccc1. The molecule has 4 atom stereocenters. The van der Waals surface area contributed by atoms with Gasteiger partial charge < -0.3 is 15.3 Å². The van der Waals surface area contributed by atoms with E-state index in [1.807, 2.05) is 37.3 Å². The second kappa shape index (κ2) is 9.43. The first-order valence-electron chi connectivity index (χ1n) is 9.26. The first kappa shape index (κ1) is 22.9. The normalized spacial score (nSPS) is 17.5. The van der Waals surface area contributed by atoms with Crippen molar-refractivity contribution in [1.82, 2.24) is 0 Å². The minimum atomic E-state index is -2.53. The van der Waals surface area contributed by atoms with Crippen LogP contribution in [0, 0.1) is 0 Å². The Hall–Kier alpha value is -2.35. The van der Waals surface area contributed by atoms with Gasteiger partial charge in [0.05, 0.1) is 0 Å². The van der Waals surface area contributed by atoms with E-state index in [2.05, 4.69) is 0 Å². The predicted octanol–water partition coefficient (Wildman–Crippen LogP) is 3.06. The molecule has 0 aliphatic carbocycles. The number of nitrogens with two attached hydrogens (primary N) is 1. The predicted molar refractivity (Wildman–Crippen MR) is 114 cm³/mol. The molecule has 0 bridgehead atoms. The third kappa shape index (κ3) is 4.98. The van der Waals surface area contributed by atoms with Crippen LogP contribution in [0.25, 0.3) is 0 Å². The molecule has 0 aliphatic rings. The van der Waals surface area contributed by atoms with Gasteiger partial charge in [-0.1, -0.05) is 67.6 Å². The van der Waals surface area contributed by atoms with E-state index in [1.54, 1.807) is 36.6 Å². The molecule has 2 aromatic rings. The lowest BCUT2D eigenvalue weighted by Gasteiger charge is -2.40. The molecule has 0 saturated heterocycles. The molecular weight excluding hydrogens is 390 g/mol. The van der Waals surface area contributed by atoms with Gasteiger partial charge >= 0.3 is 11.9 Å². The summed E-state index contributed by atoms with van der Waals surface area (Å²) in [6.45, 7) is 1.94. The maximum atomic E-state index is 12.8. The summed E-state index contributed by atoms with van der Waals surface area (Å²) in [6, 6.07) is 18.3. The van der Waals surface area contributed by atoms with Crippen molar-refractivity contribution in [3.63, 3.8) is 0 Å². The van der Waals surface area contributed by atoms with Crippen LogP contribution >= 0.6 is 11.8 Å². The van der Waals surface area contributed by atoms with Crippen molar-refractivity contribution in [3.8, 4) is 0 Å². The molecule has 0 heterocycles. The number of aliphatic carboxylic acids is 2. The fourth-order valence-corrected chi connectivity index (χ4v) is 4.89. The van der Waals surface area contributed by atoms with Crippen molar-refractivity contribution >= 4 is 23.7 Å². The van der Waals surface area contributed by atoms with Crippen molar-refractivity contribution in [2.24, 2.45) is 5.73 Å². The van der Waals surface area contributed by atoms with E-state index in [0.717, 1.165) is 5.56 Å². The smallest absolute Gasteiger partial charge is 0.351 e. The van der Waals surface area contributed by atoms with Crippen LogP contribution in [-0.2, 0) is 15.0 Å². The maximum Gasteiger partial charge on any atom is 0.351 e. The highest BCUT2D eigenvalue weighted by Gasteiger charge is 2.51. The minimum Gasteiger partial charge on any atom is -0.481 e. The number of hydrogen-bond donors (Lipinski definition) is 4. The molecule has 6 nitrogen and oxygen atoms in total. The van der Waals surface area contributed by atoms with Crippen LogP contribution in [0.1, 0.15) is 36.8 Å². The molecule has 0 radical (unpaired) electrons. The van der Waals surface area contributed by atoms with Gasteiger partial charge in [-0.3, -0.25) is 10.5 Å². The Morgan fingerprint density at radius 3 is 1.93 bits per heavy atom. The van der Waals surface area contributed by atoms with Gasteiger partial charge in [0.15, 0.2) is 0 Å². The number of thioether (sulfide) groups is 1. The van der Waals surface area contributed by atoms with Crippen molar-refractivity contribution in [1.29, 1.82) is 0 Å². The number of aliphatic hydroxyl groups is 1. The largest absolute Gasteiger partial charge is 0.481 e. The van der Waals surface area contributed by atoms with Gasteiger partial charge in [-0.05, 0) is 29.7 Å². The summed E-state index contributed by atoms with van der Waals surface area (Å²) in [7, 11) is 0. The fraction of sp³-hybridized carbons (Fsp3) is 0.364. The number of hydrogen-bond acceptors (Lipinski definition) is 5. The van der Waals surface area contributed by atoms with Crippen molar-refractivity contribution in [2.45, 2.75) is 42.1 Å². The Bertz CT molecular complexity index is 828. The number of carbonyl (C=O) groups is 2. The summed E-state index contributed by atoms with van der Waals surface area (Å²) in [5.41, 5.74) is 3.16. The van der Waals surface area contributed by atoms with Gasteiger partial charge in [-0.2, -0.15) is 11.8 Å². The number of carboxylic acids is 2. The van der Waals surface area contributed by atoms with E-state index in [0.29, 0.717) is 5.56 Å². The topological polar surface area (TPSA) is 121 Å². The second-order valence-electron chi connectivity index (χ2n) is 7.32. The highest BCUT2D eigenvalue weighted by molar-refractivity contribution is 7.99. The summed E-state index contributed by atoms with van der Waals surface area (Å²) >= 11 is 1.20. The Morgan fingerprint density at radius 1 is 0.966 bits per heavy atom. The molecule has 0 aliphatic heterocycles. The molecule has 5 N–H and O–H groups in total. The molecular formula is C22H27NO5S. The summed E-state index contributed by atoms with van der Waals surface area (Å²) in [5.74, 6) is -2.79. The molecule has 156 valence electrons. The van der Waals surface area contributed by atoms with E-state index in [4.69, 9.17) is 5.73 Å². The van der Waals surface area contributed by atoms with Crippen molar-refractivity contribution in [2.75, 3.05) is 6.26 Å². The Kier molecular flexibility index (Phi) is 7.46. The minimum absolute atomic E-state index is 0.127. The lowest BCUT2D eigenvalue weighted by atomic mass is 9.68. The molecule has 2 aromatic carbocycles. The third-order valence-corrected chi connectivity index (χ3v) is 6.51. The van der Waals surface area contributed by atoms with Gasteiger partial charge in [0.25, 0.3) is 0 Å². The molecule has 2 rings (SSSR count). The van der Waals surface area contributed by atoms with E-state index in [-0.39, 0.29) is 12.3 Å².